The van der Waals surface area contributed by atoms with E-state index in [1.54, 1.807) is 0 Å². The van der Waals surface area contributed by atoms with Crippen molar-refractivity contribution in [1.82, 2.24) is 0 Å². The lowest BCUT2D eigenvalue weighted by Crippen LogP contribution is -2.25. The van der Waals surface area contributed by atoms with Crippen molar-refractivity contribution >= 4 is 23.2 Å². The van der Waals surface area contributed by atoms with E-state index in [0.29, 0.717) is 18.7 Å². The molecule has 160 valence electrons. The highest BCUT2D eigenvalue weighted by atomic mass is 19.1. The van der Waals surface area contributed by atoms with Gasteiger partial charge in [-0.3, -0.25) is 9.59 Å². The highest BCUT2D eigenvalue weighted by molar-refractivity contribution is 5.95. The highest BCUT2D eigenvalue weighted by Gasteiger charge is 2.22. The van der Waals surface area contributed by atoms with Gasteiger partial charge in [-0.05, 0) is 56.0 Å². The summed E-state index contributed by atoms with van der Waals surface area (Å²) in [6, 6.07) is 11.9. The fourth-order valence-electron chi connectivity index (χ4n) is 3.78. The van der Waals surface area contributed by atoms with Crippen LogP contribution in [0.15, 0.2) is 42.5 Å². The van der Waals surface area contributed by atoms with Crippen LogP contribution < -0.4 is 15.4 Å². The van der Waals surface area contributed by atoms with Crippen LogP contribution in [0.3, 0.4) is 0 Å². The number of para-hydroxylation sites is 1. The zero-order valence-corrected chi connectivity index (χ0v) is 17.4. The Hall–Kier alpha value is -2.89. The Balaban J connectivity index is 1.58. The lowest BCUT2D eigenvalue weighted by Gasteiger charge is -2.21. The van der Waals surface area contributed by atoms with Gasteiger partial charge in [0, 0.05) is 18.0 Å². The van der Waals surface area contributed by atoms with Crippen LogP contribution in [-0.4, -0.2) is 18.4 Å². The van der Waals surface area contributed by atoms with Crippen molar-refractivity contribution < 1.29 is 18.7 Å². The van der Waals surface area contributed by atoms with Crippen LogP contribution in [0, 0.1) is 11.7 Å². The third-order valence-electron chi connectivity index (χ3n) is 5.38. The number of carbonyl (C=O) groups excluding carboxylic acids is 2. The van der Waals surface area contributed by atoms with E-state index in [1.807, 2.05) is 31.2 Å². The maximum absolute atomic E-state index is 14.2. The topological polar surface area (TPSA) is 67.4 Å². The van der Waals surface area contributed by atoms with E-state index in [1.165, 1.54) is 18.2 Å². The summed E-state index contributed by atoms with van der Waals surface area (Å²) in [6.07, 6.45) is 5.70. The third kappa shape index (κ3) is 6.05. The Morgan fingerprint density at radius 1 is 1.07 bits per heavy atom. The largest absolute Gasteiger partial charge is 0.494 e. The Morgan fingerprint density at radius 3 is 2.60 bits per heavy atom. The molecule has 2 amide bonds. The van der Waals surface area contributed by atoms with Crippen LogP contribution >= 0.6 is 0 Å². The third-order valence-corrected chi connectivity index (χ3v) is 5.38. The van der Waals surface area contributed by atoms with Crippen molar-refractivity contribution in [3.63, 3.8) is 0 Å². The molecule has 3 rings (SSSR count). The first-order valence-electron chi connectivity index (χ1n) is 10.7. The summed E-state index contributed by atoms with van der Waals surface area (Å²) in [5, 5.41) is 5.48. The number of ether oxygens (including phenoxy) is 1. The molecule has 0 heterocycles. The van der Waals surface area contributed by atoms with Crippen molar-refractivity contribution in [2.45, 2.75) is 51.9 Å². The average Bonchev–Trinajstić information content (AvgIpc) is 2.76. The number of carbonyl (C=O) groups is 2. The van der Waals surface area contributed by atoms with Crippen LogP contribution in [0.5, 0.6) is 5.75 Å². The summed E-state index contributed by atoms with van der Waals surface area (Å²) in [4.78, 5) is 24.8. The molecule has 2 aromatic rings. The molecule has 1 aliphatic carbocycles. The molecule has 2 N–H and O–H groups in total. The summed E-state index contributed by atoms with van der Waals surface area (Å²) in [5.74, 6) is -0.131. The van der Waals surface area contributed by atoms with E-state index in [2.05, 4.69) is 10.6 Å². The van der Waals surface area contributed by atoms with Crippen LogP contribution in [0.25, 0.3) is 0 Å². The SMILES string of the molecule is CCOc1ccccc1CCC(=O)Nc1ccc(F)c(NC(=O)C2CCCCC2)c1. The van der Waals surface area contributed by atoms with Gasteiger partial charge in [-0.1, -0.05) is 37.5 Å². The number of amides is 2. The van der Waals surface area contributed by atoms with Gasteiger partial charge in [0.15, 0.2) is 0 Å². The Morgan fingerprint density at radius 2 is 1.83 bits per heavy atom. The van der Waals surface area contributed by atoms with E-state index in [0.717, 1.165) is 43.4 Å². The molecule has 1 saturated carbocycles. The molecule has 0 spiro atoms. The number of benzene rings is 2. The minimum atomic E-state index is -0.511. The molecule has 0 radical (unpaired) electrons. The first-order chi connectivity index (χ1) is 14.6. The fraction of sp³-hybridized carbons (Fsp3) is 0.417. The van der Waals surface area contributed by atoms with Crippen molar-refractivity contribution in [2.75, 3.05) is 17.2 Å². The molecule has 1 fully saturated rings. The number of anilines is 2. The second-order valence-electron chi connectivity index (χ2n) is 7.61. The fourth-order valence-corrected chi connectivity index (χ4v) is 3.78. The van der Waals surface area contributed by atoms with Gasteiger partial charge in [0.25, 0.3) is 0 Å². The van der Waals surface area contributed by atoms with Gasteiger partial charge in [-0.2, -0.15) is 0 Å². The minimum absolute atomic E-state index is 0.0678. The van der Waals surface area contributed by atoms with E-state index >= 15 is 0 Å². The number of hydrogen-bond donors (Lipinski definition) is 2. The molecule has 0 atom stereocenters. The average molecular weight is 413 g/mol. The predicted molar refractivity (Wildman–Crippen MR) is 116 cm³/mol. The van der Waals surface area contributed by atoms with Crippen LogP contribution in [0.4, 0.5) is 15.8 Å². The smallest absolute Gasteiger partial charge is 0.227 e. The Bertz CT molecular complexity index is 879. The molecule has 0 bridgehead atoms. The molecule has 1 aliphatic rings. The molecule has 2 aromatic carbocycles. The van der Waals surface area contributed by atoms with E-state index in [4.69, 9.17) is 4.74 Å². The van der Waals surface area contributed by atoms with Crippen LogP contribution in [-0.2, 0) is 16.0 Å². The molecule has 6 heteroatoms. The van der Waals surface area contributed by atoms with Crippen molar-refractivity contribution in [1.29, 1.82) is 0 Å². The zero-order chi connectivity index (χ0) is 21.3. The molecule has 30 heavy (non-hydrogen) atoms. The van der Waals surface area contributed by atoms with Crippen LogP contribution in [0.2, 0.25) is 0 Å². The maximum Gasteiger partial charge on any atom is 0.227 e. The molecule has 0 aliphatic heterocycles. The summed E-state index contributed by atoms with van der Waals surface area (Å²) in [7, 11) is 0. The summed E-state index contributed by atoms with van der Waals surface area (Å²) >= 11 is 0. The van der Waals surface area contributed by atoms with E-state index in [-0.39, 0.29) is 29.8 Å². The summed E-state index contributed by atoms with van der Waals surface area (Å²) in [5.41, 5.74) is 1.53. The normalized spacial score (nSPS) is 14.2. The monoisotopic (exact) mass is 412 g/mol. The maximum atomic E-state index is 14.2. The lowest BCUT2D eigenvalue weighted by molar-refractivity contribution is -0.120. The summed E-state index contributed by atoms with van der Waals surface area (Å²) in [6.45, 7) is 2.48. The lowest BCUT2D eigenvalue weighted by atomic mass is 9.88. The second kappa shape index (κ2) is 10.8. The molecular formula is C24H29FN2O3. The minimum Gasteiger partial charge on any atom is -0.494 e. The van der Waals surface area contributed by atoms with E-state index < -0.39 is 5.82 Å². The molecule has 0 unspecified atom stereocenters. The Labute approximate surface area is 177 Å². The number of rotatable bonds is 8. The molecule has 0 aromatic heterocycles. The highest BCUT2D eigenvalue weighted by Crippen LogP contribution is 2.27. The second-order valence-corrected chi connectivity index (χ2v) is 7.61. The zero-order valence-electron chi connectivity index (χ0n) is 17.4. The number of nitrogens with one attached hydrogen (secondary N) is 2. The van der Waals surface area contributed by atoms with Gasteiger partial charge in [-0.15, -0.1) is 0 Å². The first kappa shape index (κ1) is 21.8. The van der Waals surface area contributed by atoms with Gasteiger partial charge in [0.2, 0.25) is 11.8 Å². The summed E-state index contributed by atoms with van der Waals surface area (Å²) < 4.78 is 19.8. The van der Waals surface area contributed by atoms with Crippen molar-refractivity contribution in [2.24, 2.45) is 5.92 Å². The van der Waals surface area contributed by atoms with Gasteiger partial charge < -0.3 is 15.4 Å². The number of halogens is 1. The first-order valence-corrected chi connectivity index (χ1v) is 10.7. The van der Waals surface area contributed by atoms with Gasteiger partial charge in [-0.25, -0.2) is 4.39 Å². The van der Waals surface area contributed by atoms with Crippen LogP contribution in [0.1, 0.15) is 51.0 Å². The van der Waals surface area contributed by atoms with E-state index in [9.17, 15) is 14.0 Å². The molecule has 0 saturated heterocycles. The number of hydrogen-bond acceptors (Lipinski definition) is 3. The number of aryl methyl sites for hydroxylation is 1. The predicted octanol–water partition coefficient (Wildman–Crippen LogP) is 5.31. The van der Waals surface area contributed by atoms with Crippen molar-refractivity contribution in [3.8, 4) is 5.75 Å². The Kier molecular flexibility index (Phi) is 7.82. The van der Waals surface area contributed by atoms with Gasteiger partial charge in [0.1, 0.15) is 11.6 Å². The van der Waals surface area contributed by atoms with Gasteiger partial charge >= 0.3 is 0 Å². The van der Waals surface area contributed by atoms with Gasteiger partial charge in [0.05, 0.1) is 12.3 Å². The standard InChI is InChI=1S/C24H29FN2O3/c1-2-30-22-11-7-6-8-17(22)12-15-23(28)26-19-13-14-20(25)21(16-19)27-24(29)18-9-4-3-5-10-18/h6-8,11,13-14,16,18H,2-5,9-10,12,15H2,1H3,(H,26,28)(H,27,29). The quantitative estimate of drug-likeness (QED) is 0.617. The van der Waals surface area contributed by atoms with Crippen molar-refractivity contribution in [3.05, 3.63) is 53.8 Å². The molecular weight excluding hydrogens is 383 g/mol. The molecule has 5 nitrogen and oxygen atoms in total.